The van der Waals surface area contributed by atoms with Gasteiger partial charge in [-0.2, -0.15) is 0 Å². The van der Waals surface area contributed by atoms with E-state index in [0.29, 0.717) is 6.54 Å². The minimum Gasteiger partial charge on any atom is -0.330 e. The van der Waals surface area contributed by atoms with E-state index in [1.54, 1.807) is 0 Å². The van der Waals surface area contributed by atoms with Crippen molar-refractivity contribution >= 4 is 0 Å². The molecule has 0 unspecified atom stereocenters. The Balaban J connectivity index is 2.04. The molecule has 1 fully saturated rings. The number of aryl methyl sites for hydroxylation is 1. The van der Waals surface area contributed by atoms with Gasteiger partial charge >= 0.3 is 0 Å². The second kappa shape index (κ2) is 5.24. The van der Waals surface area contributed by atoms with Gasteiger partial charge in [-0.3, -0.25) is 0 Å². The third-order valence-corrected chi connectivity index (χ3v) is 5.24. The van der Waals surface area contributed by atoms with E-state index >= 15 is 0 Å². The Hall–Kier alpha value is -0.890. The van der Waals surface area contributed by atoms with E-state index in [1.165, 1.54) is 31.2 Å². The number of halogens is 1. The van der Waals surface area contributed by atoms with Crippen molar-refractivity contribution in [1.29, 1.82) is 0 Å². The molecule has 0 heterocycles. The Bertz CT molecular complexity index is 461. The molecule has 0 aliphatic heterocycles. The lowest BCUT2D eigenvalue weighted by Crippen LogP contribution is -2.38. The lowest BCUT2D eigenvalue weighted by molar-refractivity contribution is 0.290. The van der Waals surface area contributed by atoms with Gasteiger partial charge in [0.2, 0.25) is 0 Å². The minimum atomic E-state index is -0.0885. The summed E-state index contributed by atoms with van der Waals surface area (Å²) in [4.78, 5) is 0. The van der Waals surface area contributed by atoms with Crippen LogP contribution in [0.3, 0.4) is 0 Å². The van der Waals surface area contributed by atoms with Crippen LogP contribution >= 0.6 is 0 Å². The van der Waals surface area contributed by atoms with Gasteiger partial charge in [-0.25, -0.2) is 4.39 Å². The summed E-state index contributed by atoms with van der Waals surface area (Å²) < 4.78 is 14.9. The molecule has 104 valence electrons. The first-order valence-corrected chi connectivity index (χ1v) is 7.78. The van der Waals surface area contributed by atoms with Gasteiger partial charge in [0.25, 0.3) is 0 Å². The molecule has 1 saturated carbocycles. The van der Waals surface area contributed by atoms with Gasteiger partial charge in [-0.1, -0.05) is 31.4 Å². The number of rotatable bonds is 2. The molecule has 2 aliphatic rings. The van der Waals surface area contributed by atoms with Crippen LogP contribution in [0.5, 0.6) is 0 Å². The summed E-state index contributed by atoms with van der Waals surface area (Å²) >= 11 is 0. The molecule has 0 radical (unpaired) electrons. The summed E-state index contributed by atoms with van der Waals surface area (Å²) in [6, 6.07) is 4.20. The van der Waals surface area contributed by atoms with Gasteiger partial charge in [0.15, 0.2) is 0 Å². The summed E-state index contributed by atoms with van der Waals surface area (Å²) in [6.45, 7) is 0.586. The normalized spacial score (nSPS) is 22.0. The van der Waals surface area contributed by atoms with Crippen LogP contribution in [0, 0.1) is 5.82 Å². The van der Waals surface area contributed by atoms with Crippen molar-refractivity contribution in [2.45, 2.75) is 63.2 Å². The Kier molecular flexibility index (Phi) is 3.62. The molecular formula is C17H24FN. The van der Waals surface area contributed by atoms with Crippen LogP contribution in [0.15, 0.2) is 12.1 Å². The number of benzene rings is 1. The second-order valence-electron chi connectivity index (χ2n) is 6.32. The molecule has 0 amide bonds. The van der Waals surface area contributed by atoms with Crippen molar-refractivity contribution in [1.82, 2.24) is 0 Å². The monoisotopic (exact) mass is 261 g/mol. The maximum atomic E-state index is 14.9. The Labute approximate surface area is 115 Å². The molecule has 0 spiro atoms. The van der Waals surface area contributed by atoms with Crippen molar-refractivity contribution in [3.63, 3.8) is 0 Å². The smallest absolute Gasteiger partial charge is 0.130 e. The first-order valence-electron chi connectivity index (χ1n) is 7.78. The highest BCUT2D eigenvalue weighted by atomic mass is 19.1. The van der Waals surface area contributed by atoms with E-state index < -0.39 is 0 Å². The molecule has 2 aliphatic carbocycles. The fourth-order valence-electron chi connectivity index (χ4n) is 4.00. The molecule has 2 heteroatoms. The summed E-state index contributed by atoms with van der Waals surface area (Å²) in [7, 11) is 0. The number of fused-ring (bicyclic) bond motifs is 1. The third kappa shape index (κ3) is 2.20. The summed E-state index contributed by atoms with van der Waals surface area (Å²) in [5, 5.41) is 0. The van der Waals surface area contributed by atoms with Crippen LogP contribution in [0.25, 0.3) is 0 Å². The van der Waals surface area contributed by atoms with E-state index in [2.05, 4.69) is 6.07 Å². The molecule has 0 aromatic heterocycles. The minimum absolute atomic E-state index is 0.0737. The zero-order valence-corrected chi connectivity index (χ0v) is 11.7. The molecule has 0 bridgehead atoms. The zero-order chi connectivity index (χ0) is 13.3. The van der Waals surface area contributed by atoms with E-state index in [-0.39, 0.29) is 11.2 Å². The van der Waals surface area contributed by atoms with Gasteiger partial charge in [0.1, 0.15) is 5.82 Å². The molecule has 0 saturated heterocycles. The lowest BCUT2D eigenvalue weighted by atomic mass is 9.68. The van der Waals surface area contributed by atoms with Gasteiger partial charge < -0.3 is 5.73 Å². The van der Waals surface area contributed by atoms with E-state index in [9.17, 15) is 4.39 Å². The lowest BCUT2D eigenvalue weighted by Gasteiger charge is -2.38. The average Bonchev–Trinajstić information content (AvgIpc) is 2.48. The second-order valence-corrected chi connectivity index (χ2v) is 6.32. The van der Waals surface area contributed by atoms with Crippen molar-refractivity contribution in [3.8, 4) is 0 Å². The summed E-state index contributed by atoms with van der Waals surface area (Å²) in [5.74, 6) is 0.0737. The highest BCUT2D eigenvalue weighted by Gasteiger charge is 2.35. The molecule has 0 atom stereocenters. The maximum absolute atomic E-state index is 14.9. The fourth-order valence-corrected chi connectivity index (χ4v) is 4.00. The SMILES string of the molecule is NCC1(c2ccc3c(c2F)CCCC3)CCCCC1. The number of hydrogen-bond donors (Lipinski definition) is 1. The molecule has 19 heavy (non-hydrogen) atoms. The Morgan fingerprint density at radius 2 is 1.74 bits per heavy atom. The van der Waals surface area contributed by atoms with E-state index in [0.717, 1.165) is 43.2 Å². The predicted molar refractivity (Wildman–Crippen MR) is 76.9 cm³/mol. The van der Waals surface area contributed by atoms with Crippen molar-refractivity contribution in [3.05, 3.63) is 34.6 Å². The van der Waals surface area contributed by atoms with Gasteiger partial charge in [-0.05, 0) is 55.2 Å². The fraction of sp³-hybridized carbons (Fsp3) is 0.647. The average molecular weight is 261 g/mol. The first kappa shape index (κ1) is 13.1. The molecule has 1 nitrogen and oxygen atoms in total. The highest BCUT2D eigenvalue weighted by molar-refractivity contribution is 5.40. The summed E-state index contributed by atoms with van der Waals surface area (Å²) in [6.07, 6.45) is 10.0. The predicted octanol–water partition coefficient (Wildman–Crippen LogP) is 3.87. The molecular weight excluding hydrogens is 237 g/mol. The number of nitrogens with two attached hydrogens (primary N) is 1. The first-order chi connectivity index (χ1) is 9.27. The van der Waals surface area contributed by atoms with E-state index in [1.807, 2.05) is 6.07 Å². The third-order valence-electron chi connectivity index (χ3n) is 5.24. The summed E-state index contributed by atoms with van der Waals surface area (Å²) in [5.41, 5.74) is 9.09. The number of hydrogen-bond acceptors (Lipinski definition) is 1. The highest BCUT2D eigenvalue weighted by Crippen LogP contribution is 2.41. The Morgan fingerprint density at radius 3 is 2.47 bits per heavy atom. The van der Waals surface area contributed by atoms with Crippen LogP contribution in [-0.2, 0) is 18.3 Å². The topological polar surface area (TPSA) is 26.0 Å². The largest absolute Gasteiger partial charge is 0.330 e. The molecule has 1 aromatic rings. The quantitative estimate of drug-likeness (QED) is 0.859. The molecule has 3 rings (SSSR count). The van der Waals surface area contributed by atoms with Crippen molar-refractivity contribution < 1.29 is 4.39 Å². The zero-order valence-electron chi connectivity index (χ0n) is 11.7. The van der Waals surface area contributed by atoms with Crippen LogP contribution < -0.4 is 5.73 Å². The van der Waals surface area contributed by atoms with Gasteiger partial charge in [-0.15, -0.1) is 0 Å². The van der Waals surface area contributed by atoms with Crippen LogP contribution in [0.1, 0.15) is 61.6 Å². The van der Waals surface area contributed by atoms with Crippen molar-refractivity contribution in [2.75, 3.05) is 6.54 Å². The van der Waals surface area contributed by atoms with E-state index in [4.69, 9.17) is 5.73 Å². The van der Waals surface area contributed by atoms with Gasteiger partial charge in [0, 0.05) is 12.0 Å². The van der Waals surface area contributed by atoms with Crippen LogP contribution in [0.4, 0.5) is 4.39 Å². The van der Waals surface area contributed by atoms with Crippen LogP contribution in [0.2, 0.25) is 0 Å². The molecule has 1 aromatic carbocycles. The van der Waals surface area contributed by atoms with Gasteiger partial charge in [0.05, 0.1) is 0 Å². The maximum Gasteiger partial charge on any atom is 0.130 e. The molecule has 2 N–H and O–H groups in total. The standard InChI is InChI=1S/C17H24FN/c18-16-14-7-3-2-6-13(14)8-9-15(16)17(12-19)10-4-1-5-11-17/h8-9H,1-7,10-12,19H2. The van der Waals surface area contributed by atoms with Crippen molar-refractivity contribution in [2.24, 2.45) is 5.73 Å². The van der Waals surface area contributed by atoms with Crippen LogP contribution in [-0.4, -0.2) is 6.54 Å². The Morgan fingerprint density at radius 1 is 1.00 bits per heavy atom.